The fraction of sp³-hybridized carbons (Fsp3) is 0. The zero-order valence-electron chi connectivity index (χ0n) is 10.3. The smallest absolute Gasteiger partial charge is 0.276 e. The van der Waals surface area contributed by atoms with Crippen LogP contribution in [0.15, 0.2) is 60.0 Å². The summed E-state index contributed by atoms with van der Waals surface area (Å²) in [6.45, 7) is 0. The number of para-hydroxylation sites is 2. The SMILES string of the molecule is O=S(=O)(Nc1ccccc1-n1cccn1)c1ccn[nH]1. The van der Waals surface area contributed by atoms with Crippen LogP contribution in [0.2, 0.25) is 0 Å². The van der Waals surface area contributed by atoms with Gasteiger partial charge in [-0.3, -0.25) is 9.82 Å². The number of H-pyrrole nitrogens is 1. The lowest BCUT2D eigenvalue weighted by Crippen LogP contribution is -2.15. The number of sulfonamides is 1. The van der Waals surface area contributed by atoms with Gasteiger partial charge in [-0.1, -0.05) is 12.1 Å². The highest BCUT2D eigenvalue weighted by atomic mass is 32.2. The molecule has 0 atom stereocenters. The maximum Gasteiger partial charge on any atom is 0.278 e. The number of nitrogens with zero attached hydrogens (tertiary/aromatic N) is 3. The first-order valence-electron chi connectivity index (χ1n) is 5.78. The highest BCUT2D eigenvalue weighted by molar-refractivity contribution is 7.92. The van der Waals surface area contributed by atoms with Crippen LogP contribution >= 0.6 is 0 Å². The molecule has 2 aromatic heterocycles. The normalized spacial score (nSPS) is 11.4. The Bertz CT molecular complexity index is 794. The van der Waals surface area contributed by atoms with Gasteiger partial charge < -0.3 is 0 Å². The van der Waals surface area contributed by atoms with Crippen molar-refractivity contribution in [1.82, 2.24) is 20.0 Å². The number of hydrogen-bond donors (Lipinski definition) is 2. The number of aromatic nitrogens is 4. The highest BCUT2D eigenvalue weighted by Gasteiger charge is 2.17. The molecule has 1 aromatic carbocycles. The summed E-state index contributed by atoms with van der Waals surface area (Å²) in [5.74, 6) is 0. The van der Waals surface area contributed by atoms with Crippen LogP contribution in [-0.2, 0) is 10.0 Å². The Hall–Kier alpha value is -2.61. The van der Waals surface area contributed by atoms with E-state index in [2.05, 4.69) is 20.0 Å². The molecule has 0 saturated carbocycles. The second-order valence-corrected chi connectivity index (χ2v) is 5.64. The van der Waals surface area contributed by atoms with Crippen LogP contribution in [0.25, 0.3) is 5.69 Å². The van der Waals surface area contributed by atoms with E-state index in [0.717, 1.165) is 0 Å². The van der Waals surface area contributed by atoms with E-state index in [1.807, 2.05) is 6.07 Å². The van der Waals surface area contributed by atoms with E-state index in [1.54, 1.807) is 41.3 Å². The van der Waals surface area contributed by atoms with Gasteiger partial charge in [-0.2, -0.15) is 18.6 Å². The van der Waals surface area contributed by atoms with Crippen molar-refractivity contribution >= 4 is 15.7 Å². The Labute approximate surface area is 115 Å². The minimum absolute atomic E-state index is 0.00719. The monoisotopic (exact) mass is 289 g/mol. The standard InChI is InChI=1S/C12H11N5O2S/c18-20(19,12-6-8-13-15-12)16-10-4-1-2-5-11(10)17-9-3-7-14-17/h1-9,16H,(H,13,15). The predicted molar refractivity (Wildman–Crippen MR) is 73.0 cm³/mol. The molecule has 2 heterocycles. The summed E-state index contributed by atoms with van der Waals surface area (Å²) in [4.78, 5) is 0. The zero-order valence-corrected chi connectivity index (χ0v) is 11.1. The molecule has 0 saturated heterocycles. The Balaban J connectivity index is 2.00. The van der Waals surface area contributed by atoms with Gasteiger partial charge in [0, 0.05) is 12.4 Å². The van der Waals surface area contributed by atoms with E-state index in [0.29, 0.717) is 11.4 Å². The molecule has 2 N–H and O–H groups in total. The fourth-order valence-corrected chi connectivity index (χ4v) is 2.75. The van der Waals surface area contributed by atoms with Crippen molar-refractivity contribution in [3.05, 3.63) is 55.0 Å². The number of anilines is 1. The summed E-state index contributed by atoms with van der Waals surface area (Å²) < 4.78 is 28.5. The molecule has 0 aliphatic heterocycles. The lowest BCUT2D eigenvalue weighted by atomic mass is 10.3. The Morgan fingerprint density at radius 3 is 2.65 bits per heavy atom. The molecule has 102 valence electrons. The van der Waals surface area contributed by atoms with E-state index in [-0.39, 0.29) is 5.03 Å². The van der Waals surface area contributed by atoms with E-state index in [1.165, 1.54) is 12.3 Å². The number of benzene rings is 1. The molecule has 0 amide bonds. The molecule has 20 heavy (non-hydrogen) atoms. The molecule has 0 bridgehead atoms. The van der Waals surface area contributed by atoms with Gasteiger partial charge in [0.15, 0.2) is 5.03 Å². The largest absolute Gasteiger partial charge is 0.278 e. The summed E-state index contributed by atoms with van der Waals surface area (Å²) in [6, 6.07) is 10.2. The fourth-order valence-electron chi connectivity index (χ4n) is 1.76. The number of rotatable bonds is 4. The van der Waals surface area contributed by atoms with Crippen LogP contribution in [0.5, 0.6) is 0 Å². The number of nitrogens with one attached hydrogen (secondary N) is 2. The van der Waals surface area contributed by atoms with Crippen LogP contribution < -0.4 is 4.72 Å². The molecule has 7 nitrogen and oxygen atoms in total. The van der Waals surface area contributed by atoms with Crippen molar-refractivity contribution < 1.29 is 8.42 Å². The second-order valence-electron chi connectivity index (χ2n) is 3.99. The molecule has 0 unspecified atom stereocenters. The van der Waals surface area contributed by atoms with Crippen molar-refractivity contribution in [2.45, 2.75) is 5.03 Å². The minimum atomic E-state index is -3.69. The molecule has 0 radical (unpaired) electrons. The third-order valence-electron chi connectivity index (χ3n) is 2.66. The number of aromatic amines is 1. The van der Waals surface area contributed by atoms with Gasteiger partial charge in [0.25, 0.3) is 10.0 Å². The first-order valence-corrected chi connectivity index (χ1v) is 7.26. The molecule has 0 fully saturated rings. The van der Waals surface area contributed by atoms with Gasteiger partial charge in [-0.05, 0) is 24.3 Å². The third kappa shape index (κ3) is 2.28. The summed E-state index contributed by atoms with van der Waals surface area (Å²) in [5.41, 5.74) is 1.08. The van der Waals surface area contributed by atoms with Crippen LogP contribution in [0.1, 0.15) is 0 Å². The average Bonchev–Trinajstić information content (AvgIpc) is 3.13. The molecule has 3 rings (SSSR count). The summed E-state index contributed by atoms with van der Waals surface area (Å²) >= 11 is 0. The van der Waals surface area contributed by atoms with Crippen molar-refractivity contribution in [2.24, 2.45) is 0 Å². The summed E-state index contributed by atoms with van der Waals surface area (Å²) in [5, 5.41) is 10.2. The van der Waals surface area contributed by atoms with Crippen LogP contribution in [-0.4, -0.2) is 28.4 Å². The summed E-state index contributed by atoms with van der Waals surface area (Å²) in [6.07, 6.45) is 4.75. The Morgan fingerprint density at radius 1 is 1.10 bits per heavy atom. The van der Waals surface area contributed by atoms with Crippen LogP contribution in [0, 0.1) is 0 Å². The third-order valence-corrected chi connectivity index (χ3v) is 3.96. The van der Waals surface area contributed by atoms with Crippen molar-refractivity contribution in [3.8, 4) is 5.69 Å². The van der Waals surface area contributed by atoms with E-state index < -0.39 is 10.0 Å². The molecule has 0 spiro atoms. The maximum absolute atomic E-state index is 12.2. The van der Waals surface area contributed by atoms with Crippen LogP contribution in [0.3, 0.4) is 0 Å². The first-order chi connectivity index (χ1) is 9.67. The average molecular weight is 289 g/mol. The quantitative estimate of drug-likeness (QED) is 0.759. The molecule has 0 aliphatic carbocycles. The van der Waals surface area contributed by atoms with Gasteiger partial charge in [0.05, 0.1) is 17.6 Å². The van der Waals surface area contributed by atoms with E-state index in [4.69, 9.17) is 0 Å². The summed E-state index contributed by atoms with van der Waals surface area (Å²) in [7, 11) is -3.69. The predicted octanol–water partition coefficient (Wildman–Crippen LogP) is 1.40. The molecular weight excluding hydrogens is 278 g/mol. The van der Waals surface area contributed by atoms with Crippen molar-refractivity contribution in [2.75, 3.05) is 4.72 Å². The van der Waals surface area contributed by atoms with Gasteiger partial charge >= 0.3 is 0 Å². The highest BCUT2D eigenvalue weighted by Crippen LogP contribution is 2.21. The van der Waals surface area contributed by atoms with E-state index in [9.17, 15) is 8.42 Å². The topological polar surface area (TPSA) is 92.7 Å². The minimum Gasteiger partial charge on any atom is -0.276 e. The van der Waals surface area contributed by atoms with Gasteiger partial charge in [-0.25, -0.2) is 4.68 Å². The van der Waals surface area contributed by atoms with Gasteiger partial charge in [0.2, 0.25) is 0 Å². The van der Waals surface area contributed by atoms with Gasteiger partial charge in [0.1, 0.15) is 0 Å². The van der Waals surface area contributed by atoms with Gasteiger partial charge in [-0.15, -0.1) is 0 Å². The Kier molecular flexibility index (Phi) is 2.99. The van der Waals surface area contributed by atoms with Crippen molar-refractivity contribution in [3.63, 3.8) is 0 Å². The zero-order chi connectivity index (χ0) is 14.0. The molecular formula is C12H11N5O2S. The lowest BCUT2D eigenvalue weighted by Gasteiger charge is -2.11. The number of hydrogen-bond acceptors (Lipinski definition) is 4. The molecule has 3 aromatic rings. The lowest BCUT2D eigenvalue weighted by molar-refractivity contribution is 0.597. The van der Waals surface area contributed by atoms with Crippen molar-refractivity contribution in [1.29, 1.82) is 0 Å². The van der Waals surface area contributed by atoms with E-state index >= 15 is 0 Å². The molecule has 0 aliphatic rings. The maximum atomic E-state index is 12.2. The van der Waals surface area contributed by atoms with Crippen LogP contribution in [0.4, 0.5) is 5.69 Å². The molecule has 8 heteroatoms. The second kappa shape index (κ2) is 4.82. The first kappa shape index (κ1) is 12.4. The Morgan fingerprint density at radius 2 is 1.95 bits per heavy atom.